The Morgan fingerprint density at radius 2 is 2.34 bits per heavy atom. The van der Waals surface area contributed by atoms with Crippen LogP contribution in [0.2, 0.25) is 0 Å². The summed E-state index contributed by atoms with van der Waals surface area (Å²) in [5.74, 6) is -0.0267. The summed E-state index contributed by atoms with van der Waals surface area (Å²) in [5, 5.41) is 21.1. The molecule has 4 heterocycles. The molecule has 0 spiro atoms. The monoisotopic (exact) mass is 399 g/mol. The smallest absolute Gasteiger partial charge is 0.234 e. The van der Waals surface area contributed by atoms with E-state index in [9.17, 15) is 15.0 Å². The number of hydrogen-bond acceptors (Lipinski definition) is 7. The number of aliphatic hydroxyl groups excluding tert-OH is 2. The maximum absolute atomic E-state index is 13.1. The third kappa shape index (κ3) is 3.66. The zero-order valence-corrected chi connectivity index (χ0v) is 16.3. The summed E-state index contributed by atoms with van der Waals surface area (Å²) in [5.41, 5.74) is 1.56. The third-order valence-electron chi connectivity index (χ3n) is 5.35. The van der Waals surface area contributed by atoms with Crippen LogP contribution in [-0.2, 0) is 14.3 Å². The molecule has 2 aliphatic rings. The van der Waals surface area contributed by atoms with Gasteiger partial charge in [-0.1, -0.05) is 0 Å². The van der Waals surface area contributed by atoms with Crippen molar-refractivity contribution in [3.05, 3.63) is 47.3 Å². The number of aromatic nitrogens is 2. The Morgan fingerprint density at radius 1 is 1.48 bits per heavy atom. The Bertz CT molecular complexity index is 964. The van der Waals surface area contributed by atoms with Gasteiger partial charge in [0.05, 0.1) is 12.6 Å². The average molecular weight is 399 g/mol. The van der Waals surface area contributed by atoms with Crippen molar-refractivity contribution in [3.8, 4) is 0 Å². The molecule has 0 radical (unpaired) electrons. The number of fused-ring (bicyclic) bond motifs is 1. The number of allylic oxidation sites excluding steroid dienone is 1. The number of aromatic amines is 1. The van der Waals surface area contributed by atoms with Crippen LogP contribution in [0.15, 0.2) is 41.7 Å². The summed E-state index contributed by atoms with van der Waals surface area (Å²) in [4.78, 5) is 22.3. The van der Waals surface area contributed by atoms with E-state index in [1.807, 2.05) is 17.0 Å². The first-order valence-electron chi connectivity index (χ1n) is 9.91. The van der Waals surface area contributed by atoms with Gasteiger partial charge in [0.25, 0.3) is 0 Å². The molecule has 1 saturated heterocycles. The maximum atomic E-state index is 13.1. The number of ketones is 1. The lowest BCUT2D eigenvalue weighted by Gasteiger charge is -2.36. The van der Waals surface area contributed by atoms with Gasteiger partial charge >= 0.3 is 0 Å². The van der Waals surface area contributed by atoms with Crippen molar-refractivity contribution in [3.63, 3.8) is 0 Å². The van der Waals surface area contributed by atoms with E-state index in [0.29, 0.717) is 12.2 Å². The summed E-state index contributed by atoms with van der Waals surface area (Å²) >= 11 is 0. The molecule has 8 nitrogen and oxygen atoms in total. The predicted octanol–water partition coefficient (Wildman–Crippen LogP) is 1.92. The minimum atomic E-state index is -1.39. The van der Waals surface area contributed by atoms with E-state index in [-0.39, 0.29) is 36.5 Å². The molecule has 2 atom stereocenters. The van der Waals surface area contributed by atoms with Crippen LogP contribution in [0.25, 0.3) is 17.1 Å². The molecule has 29 heavy (non-hydrogen) atoms. The Morgan fingerprint density at radius 3 is 3.14 bits per heavy atom. The van der Waals surface area contributed by atoms with E-state index in [1.54, 1.807) is 25.4 Å². The van der Waals surface area contributed by atoms with Gasteiger partial charge in [0.15, 0.2) is 12.0 Å². The SMILES string of the molecule is CCOC(O)C1=C(N2CCCCC2CO)O/C(=C\c2c[nH]c3ncccc23)C1=O. The number of nitrogens with zero attached hydrogens (tertiary/aromatic N) is 2. The minimum Gasteiger partial charge on any atom is -0.436 e. The summed E-state index contributed by atoms with van der Waals surface area (Å²) in [7, 11) is 0. The van der Waals surface area contributed by atoms with E-state index in [2.05, 4.69) is 9.97 Å². The Kier molecular flexibility index (Phi) is 5.66. The molecule has 154 valence electrons. The van der Waals surface area contributed by atoms with Gasteiger partial charge in [0.2, 0.25) is 11.7 Å². The number of ether oxygens (including phenoxy) is 2. The second-order valence-electron chi connectivity index (χ2n) is 7.14. The van der Waals surface area contributed by atoms with E-state index in [1.165, 1.54) is 0 Å². The molecule has 2 aliphatic heterocycles. The number of piperidine rings is 1. The number of carbonyl (C=O) groups excluding carboxylic acids is 1. The summed E-state index contributed by atoms with van der Waals surface area (Å²) < 4.78 is 11.3. The highest BCUT2D eigenvalue weighted by Gasteiger charge is 2.40. The van der Waals surface area contributed by atoms with E-state index < -0.39 is 12.1 Å². The van der Waals surface area contributed by atoms with Gasteiger partial charge in [-0.15, -0.1) is 0 Å². The van der Waals surface area contributed by atoms with Crippen molar-refractivity contribution in [2.75, 3.05) is 19.8 Å². The molecular formula is C21H25N3O5. The highest BCUT2D eigenvalue weighted by molar-refractivity contribution is 6.12. The Labute approximate surface area is 168 Å². The van der Waals surface area contributed by atoms with E-state index in [4.69, 9.17) is 9.47 Å². The zero-order chi connectivity index (χ0) is 20.4. The first-order valence-corrected chi connectivity index (χ1v) is 9.91. The van der Waals surface area contributed by atoms with Crippen molar-refractivity contribution in [2.24, 2.45) is 0 Å². The minimum absolute atomic E-state index is 0.0494. The van der Waals surface area contributed by atoms with Crippen molar-refractivity contribution in [2.45, 2.75) is 38.5 Å². The highest BCUT2D eigenvalue weighted by Crippen LogP contribution is 2.35. The van der Waals surface area contributed by atoms with Crippen molar-refractivity contribution >= 4 is 22.9 Å². The Balaban J connectivity index is 1.72. The van der Waals surface area contributed by atoms with Gasteiger partial charge in [-0.05, 0) is 44.4 Å². The van der Waals surface area contributed by atoms with Crippen LogP contribution in [0.5, 0.6) is 0 Å². The van der Waals surface area contributed by atoms with Crippen LogP contribution in [0, 0.1) is 0 Å². The molecule has 0 bridgehead atoms. The highest BCUT2D eigenvalue weighted by atomic mass is 16.6. The number of carbonyl (C=O) groups is 1. The second-order valence-corrected chi connectivity index (χ2v) is 7.14. The fourth-order valence-electron chi connectivity index (χ4n) is 3.90. The number of Topliss-reactive ketones (excluding diaryl/α,β-unsaturated/α-hetero) is 1. The molecule has 2 unspecified atom stereocenters. The third-order valence-corrected chi connectivity index (χ3v) is 5.35. The fourth-order valence-corrected chi connectivity index (χ4v) is 3.90. The molecule has 8 heteroatoms. The van der Waals surface area contributed by atoms with Gasteiger partial charge in [-0.2, -0.15) is 0 Å². The van der Waals surface area contributed by atoms with Gasteiger partial charge in [0, 0.05) is 36.5 Å². The zero-order valence-electron chi connectivity index (χ0n) is 16.3. The number of pyridine rings is 1. The van der Waals surface area contributed by atoms with E-state index in [0.717, 1.165) is 30.2 Å². The second kappa shape index (κ2) is 8.36. The number of aliphatic hydroxyl groups is 2. The van der Waals surface area contributed by atoms with Gasteiger partial charge < -0.3 is 29.6 Å². The average Bonchev–Trinajstić information content (AvgIpc) is 3.30. The summed E-state index contributed by atoms with van der Waals surface area (Å²) in [6.07, 6.45) is 6.42. The van der Waals surface area contributed by atoms with Crippen molar-refractivity contribution < 1.29 is 24.5 Å². The molecule has 0 amide bonds. The topological polar surface area (TPSA) is 108 Å². The van der Waals surface area contributed by atoms with Crippen molar-refractivity contribution in [1.82, 2.24) is 14.9 Å². The number of likely N-dealkylation sites (tertiary alicyclic amines) is 1. The number of rotatable bonds is 6. The largest absolute Gasteiger partial charge is 0.436 e. The molecule has 1 fully saturated rings. The standard InChI is InChI=1S/C21H25N3O5/c1-2-28-21(27)17-18(26)16(10-13-11-23-19-15(13)7-5-8-22-19)29-20(17)24-9-4-3-6-14(24)12-25/h5,7-8,10-11,14,21,25,27H,2-4,6,9,12H2,1H3,(H,22,23)/b16-10-. The predicted molar refractivity (Wildman–Crippen MR) is 106 cm³/mol. The molecule has 4 rings (SSSR count). The molecule has 2 aromatic rings. The van der Waals surface area contributed by atoms with E-state index >= 15 is 0 Å². The van der Waals surface area contributed by atoms with Crippen LogP contribution in [0.1, 0.15) is 31.7 Å². The first-order chi connectivity index (χ1) is 14.1. The van der Waals surface area contributed by atoms with Crippen LogP contribution in [-0.4, -0.2) is 63.0 Å². The number of hydrogen-bond donors (Lipinski definition) is 3. The van der Waals surface area contributed by atoms with Crippen LogP contribution >= 0.6 is 0 Å². The van der Waals surface area contributed by atoms with Gasteiger partial charge in [-0.25, -0.2) is 4.98 Å². The first kappa shape index (κ1) is 19.6. The summed E-state index contributed by atoms with van der Waals surface area (Å²) in [6.45, 7) is 2.59. The quantitative estimate of drug-likeness (QED) is 0.503. The number of H-pyrrole nitrogens is 1. The lowest BCUT2D eigenvalue weighted by atomic mass is 10.0. The summed E-state index contributed by atoms with van der Waals surface area (Å²) in [6, 6.07) is 3.57. The van der Waals surface area contributed by atoms with Gasteiger partial charge in [-0.3, -0.25) is 4.79 Å². The Hall–Kier alpha value is -2.68. The molecule has 0 saturated carbocycles. The normalized spacial score (nSPS) is 22.6. The molecule has 2 aromatic heterocycles. The maximum Gasteiger partial charge on any atom is 0.234 e. The van der Waals surface area contributed by atoms with Crippen LogP contribution in [0.4, 0.5) is 0 Å². The van der Waals surface area contributed by atoms with Crippen molar-refractivity contribution in [1.29, 1.82) is 0 Å². The fraction of sp³-hybridized carbons (Fsp3) is 0.429. The molecule has 0 aliphatic carbocycles. The molecular weight excluding hydrogens is 374 g/mol. The van der Waals surface area contributed by atoms with Gasteiger partial charge in [0.1, 0.15) is 11.2 Å². The van der Waals surface area contributed by atoms with Crippen LogP contribution < -0.4 is 0 Å². The molecule has 3 N–H and O–H groups in total. The molecule has 0 aromatic carbocycles. The lowest BCUT2D eigenvalue weighted by Crippen LogP contribution is -2.42. The lowest BCUT2D eigenvalue weighted by molar-refractivity contribution is -0.119. The van der Waals surface area contributed by atoms with Crippen LogP contribution in [0.3, 0.4) is 0 Å². The number of nitrogens with one attached hydrogen (secondary N) is 1.